The normalized spacial score (nSPS) is 15.6. The van der Waals surface area contributed by atoms with E-state index in [1.807, 2.05) is 49.3 Å². The van der Waals surface area contributed by atoms with Crippen molar-refractivity contribution >= 4 is 23.0 Å². The molecule has 0 spiro atoms. The number of rotatable bonds is 10. The zero-order valence-electron chi connectivity index (χ0n) is 21.6. The minimum absolute atomic E-state index is 0.0211. The summed E-state index contributed by atoms with van der Waals surface area (Å²) in [6, 6.07) is 14.0. The van der Waals surface area contributed by atoms with E-state index >= 15 is 0 Å². The summed E-state index contributed by atoms with van der Waals surface area (Å²) in [5.74, 6) is -0.508. The highest BCUT2D eigenvalue weighted by molar-refractivity contribution is 7.17. The van der Waals surface area contributed by atoms with Gasteiger partial charge >= 0.3 is 0 Å². The molecule has 0 bridgehead atoms. The molecule has 1 amide bonds. The second kappa shape index (κ2) is 11.1. The molecule has 8 nitrogen and oxygen atoms in total. The van der Waals surface area contributed by atoms with Crippen LogP contribution in [0.1, 0.15) is 33.4 Å². The number of methoxy groups -OCH3 is 2. The Morgan fingerprint density at radius 1 is 1.14 bits per heavy atom. The van der Waals surface area contributed by atoms with Crippen molar-refractivity contribution in [1.29, 1.82) is 0 Å². The number of thiazole rings is 1. The van der Waals surface area contributed by atoms with Gasteiger partial charge in [0.2, 0.25) is 5.78 Å². The largest absolute Gasteiger partial charge is 0.503 e. The molecule has 37 heavy (non-hydrogen) atoms. The number of carbonyl (C=O) groups excluding carboxylic acids is 2. The average molecular weight is 522 g/mol. The zero-order chi connectivity index (χ0) is 26.7. The molecule has 1 N–H and O–H groups in total. The van der Waals surface area contributed by atoms with Crippen LogP contribution in [0.4, 0.5) is 0 Å². The Bertz CT molecular complexity index is 1330. The molecule has 1 aliphatic rings. The molecule has 1 atom stereocenters. The Labute approximate surface area is 220 Å². The lowest BCUT2D eigenvalue weighted by Crippen LogP contribution is -2.33. The van der Waals surface area contributed by atoms with E-state index in [0.29, 0.717) is 45.6 Å². The van der Waals surface area contributed by atoms with Gasteiger partial charge in [-0.15, -0.1) is 11.3 Å². The monoisotopic (exact) mass is 521 g/mol. The van der Waals surface area contributed by atoms with E-state index in [1.165, 1.54) is 23.3 Å². The number of amides is 1. The molecular weight excluding hydrogens is 490 g/mol. The van der Waals surface area contributed by atoms with Gasteiger partial charge in [-0.2, -0.15) is 0 Å². The lowest BCUT2D eigenvalue weighted by molar-refractivity contribution is -0.129. The Morgan fingerprint density at radius 3 is 2.51 bits per heavy atom. The van der Waals surface area contributed by atoms with Gasteiger partial charge in [-0.1, -0.05) is 30.3 Å². The van der Waals surface area contributed by atoms with Gasteiger partial charge in [-0.05, 0) is 52.2 Å². The summed E-state index contributed by atoms with van der Waals surface area (Å²) in [4.78, 5) is 35.9. The predicted octanol–water partition coefficient (Wildman–Crippen LogP) is 4.67. The van der Waals surface area contributed by atoms with Crippen molar-refractivity contribution in [2.45, 2.75) is 19.4 Å². The first kappa shape index (κ1) is 26.4. The van der Waals surface area contributed by atoms with Crippen LogP contribution in [-0.4, -0.2) is 73.0 Å². The van der Waals surface area contributed by atoms with Crippen LogP contribution < -0.4 is 9.47 Å². The highest BCUT2D eigenvalue weighted by Crippen LogP contribution is 2.44. The summed E-state index contributed by atoms with van der Waals surface area (Å²) in [7, 11) is 6.99. The van der Waals surface area contributed by atoms with Gasteiger partial charge in [-0.25, -0.2) is 4.98 Å². The van der Waals surface area contributed by atoms with Gasteiger partial charge < -0.3 is 24.4 Å². The number of carbonyl (C=O) groups is 2. The lowest BCUT2D eigenvalue weighted by atomic mass is 9.94. The Morgan fingerprint density at radius 2 is 1.86 bits per heavy atom. The van der Waals surface area contributed by atoms with Gasteiger partial charge in [0, 0.05) is 17.7 Å². The van der Waals surface area contributed by atoms with Crippen molar-refractivity contribution in [2.24, 2.45) is 0 Å². The molecule has 0 saturated carbocycles. The van der Waals surface area contributed by atoms with Crippen LogP contribution in [0.15, 0.2) is 59.9 Å². The first-order valence-corrected chi connectivity index (χ1v) is 12.8. The van der Waals surface area contributed by atoms with Crippen molar-refractivity contribution in [3.8, 4) is 22.1 Å². The van der Waals surface area contributed by atoms with Crippen molar-refractivity contribution in [1.82, 2.24) is 14.8 Å². The summed E-state index contributed by atoms with van der Waals surface area (Å²) >= 11 is 1.25. The number of ketones is 1. The number of aliphatic hydroxyl groups is 1. The van der Waals surface area contributed by atoms with E-state index in [1.54, 1.807) is 32.2 Å². The molecule has 2 heterocycles. The van der Waals surface area contributed by atoms with Crippen LogP contribution in [-0.2, 0) is 4.79 Å². The molecule has 0 radical (unpaired) electrons. The molecule has 1 aromatic heterocycles. The first-order chi connectivity index (χ1) is 17.8. The molecule has 3 aromatic rings. The van der Waals surface area contributed by atoms with Crippen LogP contribution in [0.3, 0.4) is 0 Å². The van der Waals surface area contributed by atoms with Crippen LogP contribution in [0.2, 0.25) is 0 Å². The number of hydrogen-bond donors (Lipinski definition) is 1. The maximum Gasteiger partial charge on any atom is 0.290 e. The molecule has 4 rings (SSSR count). The topological polar surface area (TPSA) is 92.2 Å². The number of ether oxygens (including phenoxy) is 2. The maximum absolute atomic E-state index is 14.0. The fourth-order valence-electron chi connectivity index (χ4n) is 4.48. The fraction of sp³-hybridized carbons (Fsp3) is 0.321. The second-order valence-electron chi connectivity index (χ2n) is 9.06. The molecule has 194 valence electrons. The van der Waals surface area contributed by atoms with Crippen LogP contribution in [0.5, 0.6) is 11.5 Å². The minimum atomic E-state index is -0.839. The summed E-state index contributed by atoms with van der Waals surface area (Å²) in [6.07, 6.45) is 0.661. The van der Waals surface area contributed by atoms with E-state index in [2.05, 4.69) is 4.98 Å². The molecule has 9 heteroatoms. The number of nitrogens with zero attached hydrogens (tertiary/aromatic N) is 3. The minimum Gasteiger partial charge on any atom is -0.503 e. The third-order valence-corrected chi connectivity index (χ3v) is 7.51. The molecule has 0 fully saturated rings. The number of aromatic nitrogens is 1. The van der Waals surface area contributed by atoms with Gasteiger partial charge in [0.15, 0.2) is 5.76 Å². The van der Waals surface area contributed by atoms with Gasteiger partial charge in [-0.3, -0.25) is 9.59 Å². The van der Waals surface area contributed by atoms with Crippen molar-refractivity contribution in [3.63, 3.8) is 0 Å². The SMILES string of the molecule is COc1ccc(OC)c(C2C(C(=O)c3sc(-c4ccccc4)nc3C)=C(O)C(=O)N2CCCN(C)C)c1. The zero-order valence-corrected chi connectivity index (χ0v) is 22.5. The molecule has 2 aromatic carbocycles. The summed E-state index contributed by atoms with van der Waals surface area (Å²) in [5.41, 5.74) is 2.03. The van der Waals surface area contributed by atoms with Gasteiger partial charge in [0.25, 0.3) is 5.91 Å². The third-order valence-electron chi connectivity index (χ3n) is 6.31. The predicted molar refractivity (Wildman–Crippen MR) is 143 cm³/mol. The smallest absolute Gasteiger partial charge is 0.290 e. The Hall–Kier alpha value is -3.69. The second-order valence-corrected chi connectivity index (χ2v) is 10.1. The molecular formula is C28H31N3O5S. The van der Waals surface area contributed by atoms with Gasteiger partial charge in [0.1, 0.15) is 16.5 Å². The van der Waals surface area contributed by atoms with E-state index in [4.69, 9.17) is 9.47 Å². The maximum atomic E-state index is 14.0. The molecule has 1 unspecified atom stereocenters. The van der Waals surface area contributed by atoms with Crippen LogP contribution in [0.25, 0.3) is 10.6 Å². The quantitative estimate of drug-likeness (QED) is 0.388. The standard InChI is InChI=1S/C28H31N3O5S/c1-17-26(37-27(29-17)18-10-7-6-8-11-18)24(32)22-23(20-16-19(35-4)12-13-21(20)36-5)31(28(34)25(22)33)15-9-14-30(2)3/h6-8,10-13,16,23,33H,9,14-15H2,1-5H3. The number of aryl methyl sites for hydroxylation is 1. The highest BCUT2D eigenvalue weighted by Gasteiger charge is 2.45. The summed E-state index contributed by atoms with van der Waals surface area (Å²) in [5, 5.41) is 11.8. The average Bonchev–Trinajstić information content (AvgIpc) is 3.41. The van der Waals surface area contributed by atoms with E-state index in [-0.39, 0.29) is 5.57 Å². The summed E-state index contributed by atoms with van der Waals surface area (Å²) in [6.45, 7) is 2.85. The van der Waals surface area contributed by atoms with Crippen molar-refractivity contribution in [3.05, 3.63) is 76.0 Å². The molecule has 0 saturated heterocycles. The highest BCUT2D eigenvalue weighted by atomic mass is 32.1. The number of hydrogen-bond acceptors (Lipinski definition) is 8. The van der Waals surface area contributed by atoms with Crippen molar-refractivity contribution in [2.75, 3.05) is 41.4 Å². The number of Topliss-reactive ketones (excluding diaryl/α,β-unsaturated/α-hetero) is 1. The summed E-state index contributed by atoms with van der Waals surface area (Å²) < 4.78 is 11.0. The van der Waals surface area contributed by atoms with E-state index in [9.17, 15) is 14.7 Å². The van der Waals surface area contributed by atoms with Crippen molar-refractivity contribution < 1.29 is 24.2 Å². The number of aliphatic hydroxyl groups excluding tert-OH is 1. The molecule has 1 aliphatic heterocycles. The Balaban J connectivity index is 1.81. The lowest BCUT2D eigenvalue weighted by Gasteiger charge is -2.28. The fourth-order valence-corrected chi connectivity index (χ4v) is 5.51. The van der Waals surface area contributed by atoms with Gasteiger partial charge in [0.05, 0.1) is 36.4 Å². The van der Waals surface area contributed by atoms with Crippen LogP contribution >= 0.6 is 11.3 Å². The Kier molecular flexibility index (Phi) is 7.94. The third kappa shape index (κ3) is 5.23. The molecule has 0 aliphatic carbocycles. The van der Waals surface area contributed by atoms with E-state index < -0.39 is 23.5 Å². The van der Waals surface area contributed by atoms with E-state index in [0.717, 1.165) is 12.1 Å². The first-order valence-electron chi connectivity index (χ1n) is 11.9. The number of benzene rings is 2. The van der Waals surface area contributed by atoms with Crippen LogP contribution in [0, 0.1) is 6.92 Å².